The molecule has 0 radical (unpaired) electrons. The average molecular weight is 320 g/mol. The lowest BCUT2D eigenvalue weighted by Crippen LogP contribution is -2.17. The van der Waals surface area contributed by atoms with Crippen LogP contribution in [-0.2, 0) is 4.79 Å². The molecule has 0 bridgehead atoms. The number of carboxylic acid groups (broad SMARTS) is 1. The van der Waals surface area contributed by atoms with Crippen LogP contribution in [0.5, 0.6) is 0 Å². The SMILES string of the molecule is O=C(O)CC(C(=O)c1ccc(-n2ccnc2)cc1)c1ccccc1. The van der Waals surface area contributed by atoms with Crippen molar-refractivity contribution in [3.8, 4) is 5.69 Å². The lowest BCUT2D eigenvalue weighted by Gasteiger charge is -2.14. The fraction of sp³-hybridized carbons (Fsp3) is 0.105. The van der Waals surface area contributed by atoms with Gasteiger partial charge in [-0.05, 0) is 29.8 Å². The van der Waals surface area contributed by atoms with E-state index in [9.17, 15) is 9.59 Å². The van der Waals surface area contributed by atoms with Crippen LogP contribution in [0.15, 0.2) is 73.3 Å². The molecule has 3 rings (SSSR count). The van der Waals surface area contributed by atoms with Crippen LogP contribution >= 0.6 is 0 Å². The van der Waals surface area contributed by atoms with Gasteiger partial charge in [0.15, 0.2) is 5.78 Å². The predicted octanol–water partition coefficient (Wildman–Crippen LogP) is 3.31. The number of carbonyl (C=O) groups excluding carboxylic acids is 1. The Kier molecular flexibility index (Phi) is 4.52. The molecule has 120 valence electrons. The van der Waals surface area contributed by atoms with Crippen LogP contribution in [-0.4, -0.2) is 26.4 Å². The lowest BCUT2D eigenvalue weighted by molar-refractivity contribution is -0.137. The molecule has 0 aliphatic rings. The molecule has 3 aromatic rings. The molecule has 24 heavy (non-hydrogen) atoms. The molecule has 0 spiro atoms. The summed E-state index contributed by atoms with van der Waals surface area (Å²) >= 11 is 0. The number of aromatic nitrogens is 2. The molecule has 1 N–H and O–H groups in total. The van der Waals surface area contributed by atoms with Gasteiger partial charge in [-0.25, -0.2) is 4.98 Å². The van der Waals surface area contributed by atoms with Gasteiger partial charge in [0.1, 0.15) is 0 Å². The normalized spacial score (nSPS) is 11.8. The summed E-state index contributed by atoms with van der Waals surface area (Å²) in [5.41, 5.74) is 2.09. The number of benzene rings is 2. The number of hydrogen-bond donors (Lipinski definition) is 1. The van der Waals surface area contributed by atoms with Crippen molar-refractivity contribution in [1.29, 1.82) is 0 Å². The Labute approximate surface area is 139 Å². The highest BCUT2D eigenvalue weighted by molar-refractivity contribution is 6.02. The summed E-state index contributed by atoms with van der Waals surface area (Å²) in [7, 11) is 0. The Bertz CT molecular complexity index is 825. The monoisotopic (exact) mass is 320 g/mol. The molecule has 0 saturated heterocycles. The summed E-state index contributed by atoms with van der Waals surface area (Å²) < 4.78 is 1.83. The molecule has 0 aliphatic heterocycles. The zero-order valence-electron chi connectivity index (χ0n) is 12.9. The van der Waals surface area contributed by atoms with Gasteiger partial charge in [-0.15, -0.1) is 0 Å². The maximum atomic E-state index is 12.8. The number of carboxylic acids is 1. The van der Waals surface area contributed by atoms with E-state index >= 15 is 0 Å². The first kappa shape index (κ1) is 15.7. The zero-order valence-corrected chi connectivity index (χ0v) is 12.9. The van der Waals surface area contributed by atoms with Crippen molar-refractivity contribution >= 4 is 11.8 Å². The largest absolute Gasteiger partial charge is 0.481 e. The third kappa shape index (κ3) is 3.41. The number of rotatable bonds is 6. The second-order valence-corrected chi connectivity index (χ2v) is 5.44. The van der Waals surface area contributed by atoms with Crippen molar-refractivity contribution in [2.45, 2.75) is 12.3 Å². The second kappa shape index (κ2) is 6.91. The van der Waals surface area contributed by atoms with Gasteiger partial charge in [0.05, 0.1) is 18.7 Å². The van der Waals surface area contributed by atoms with Crippen LogP contribution in [0.3, 0.4) is 0 Å². The standard InChI is InChI=1S/C19H16N2O3/c22-18(23)12-17(14-4-2-1-3-5-14)19(24)15-6-8-16(9-7-15)21-11-10-20-13-21/h1-11,13,17H,12H2,(H,22,23). The van der Waals surface area contributed by atoms with Crippen molar-refractivity contribution in [2.75, 3.05) is 0 Å². The van der Waals surface area contributed by atoms with E-state index in [1.54, 1.807) is 48.9 Å². The Balaban J connectivity index is 1.88. The lowest BCUT2D eigenvalue weighted by atomic mass is 9.88. The molecule has 1 unspecified atom stereocenters. The highest BCUT2D eigenvalue weighted by Crippen LogP contribution is 2.25. The summed E-state index contributed by atoms with van der Waals surface area (Å²) in [6.45, 7) is 0. The van der Waals surface area contributed by atoms with E-state index in [0.717, 1.165) is 5.69 Å². The highest BCUT2D eigenvalue weighted by atomic mass is 16.4. The van der Waals surface area contributed by atoms with Crippen molar-refractivity contribution in [3.05, 3.63) is 84.4 Å². The Morgan fingerprint density at radius 3 is 2.33 bits per heavy atom. The maximum absolute atomic E-state index is 12.8. The van der Waals surface area contributed by atoms with E-state index in [1.807, 2.05) is 29.0 Å². The van der Waals surface area contributed by atoms with Gasteiger partial charge in [-0.1, -0.05) is 30.3 Å². The fourth-order valence-electron chi connectivity index (χ4n) is 2.63. The third-order valence-electron chi connectivity index (χ3n) is 3.85. The van der Waals surface area contributed by atoms with E-state index in [2.05, 4.69) is 4.98 Å². The van der Waals surface area contributed by atoms with Crippen LogP contribution in [0.4, 0.5) is 0 Å². The molecule has 1 heterocycles. The number of ketones is 1. The number of hydrogen-bond acceptors (Lipinski definition) is 3. The fourth-order valence-corrected chi connectivity index (χ4v) is 2.63. The Morgan fingerprint density at radius 1 is 1.04 bits per heavy atom. The van der Waals surface area contributed by atoms with Crippen LogP contribution < -0.4 is 0 Å². The van der Waals surface area contributed by atoms with E-state index in [-0.39, 0.29) is 12.2 Å². The molecule has 2 aromatic carbocycles. The number of imidazole rings is 1. The van der Waals surface area contributed by atoms with Crippen LogP contribution in [0.1, 0.15) is 28.3 Å². The average Bonchev–Trinajstić information content (AvgIpc) is 3.14. The van der Waals surface area contributed by atoms with E-state index < -0.39 is 11.9 Å². The molecule has 1 aromatic heterocycles. The summed E-state index contributed by atoms with van der Waals surface area (Å²) in [4.78, 5) is 27.9. The first-order valence-corrected chi connectivity index (χ1v) is 7.54. The van der Waals surface area contributed by atoms with Crippen LogP contribution in [0.25, 0.3) is 5.69 Å². The summed E-state index contributed by atoms with van der Waals surface area (Å²) in [6.07, 6.45) is 4.94. The van der Waals surface area contributed by atoms with Crippen LogP contribution in [0, 0.1) is 0 Å². The summed E-state index contributed by atoms with van der Waals surface area (Å²) in [6, 6.07) is 16.1. The van der Waals surface area contributed by atoms with Gasteiger partial charge in [0, 0.05) is 23.6 Å². The van der Waals surface area contributed by atoms with Crippen molar-refractivity contribution in [3.63, 3.8) is 0 Å². The minimum atomic E-state index is -0.993. The summed E-state index contributed by atoms with van der Waals surface area (Å²) in [5.74, 6) is -1.88. The number of Topliss-reactive ketones (excluding diaryl/α,β-unsaturated/α-hetero) is 1. The Hall–Kier alpha value is -3.21. The van der Waals surface area contributed by atoms with Gasteiger partial charge < -0.3 is 9.67 Å². The molecule has 0 fully saturated rings. The number of carbonyl (C=O) groups is 2. The van der Waals surface area contributed by atoms with Gasteiger partial charge in [0.25, 0.3) is 0 Å². The first-order chi connectivity index (χ1) is 11.6. The minimum Gasteiger partial charge on any atom is -0.481 e. The molecule has 5 nitrogen and oxygen atoms in total. The molecule has 1 atom stereocenters. The maximum Gasteiger partial charge on any atom is 0.304 e. The van der Waals surface area contributed by atoms with Gasteiger partial charge in [0.2, 0.25) is 0 Å². The van der Waals surface area contributed by atoms with Crippen molar-refractivity contribution in [2.24, 2.45) is 0 Å². The first-order valence-electron chi connectivity index (χ1n) is 7.54. The molecule has 0 amide bonds. The highest BCUT2D eigenvalue weighted by Gasteiger charge is 2.24. The zero-order chi connectivity index (χ0) is 16.9. The van der Waals surface area contributed by atoms with E-state index in [0.29, 0.717) is 11.1 Å². The summed E-state index contributed by atoms with van der Waals surface area (Å²) in [5, 5.41) is 9.15. The predicted molar refractivity (Wildman–Crippen MR) is 89.3 cm³/mol. The van der Waals surface area contributed by atoms with E-state index in [4.69, 9.17) is 5.11 Å². The smallest absolute Gasteiger partial charge is 0.304 e. The van der Waals surface area contributed by atoms with Gasteiger partial charge in [-0.2, -0.15) is 0 Å². The van der Waals surface area contributed by atoms with Gasteiger partial charge in [-0.3, -0.25) is 9.59 Å². The molecular formula is C19H16N2O3. The van der Waals surface area contributed by atoms with Crippen molar-refractivity contribution < 1.29 is 14.7 Å². The van der Waals surface area contributed by atoms with Crippen LogP contribution in [0.2, 0.25) is 0 Å². The molecule has 0 aliphatic carbocycles. The molecule has 0 saturated carbocycles. The number of aliphatic carboxylic acids is 1. The topological polar surface area (TPSA) is 72.2 Å². The Morgan fingerprint density at radius 2 is 1.75 bits per heavy atom. The second-order valence-electron chi connectivity index (χ2n) is 5.44. The quantitative estimate of drug-likeness (QED) is 0.707. The molecular weight excluding hydrogens is 304 g/mol. The van der Waals surface area contributed by atoms with Gasteiger partial charge >= 0.3 is 5.97 Å². The number of nitrogens with zero attached hydrogens (tertiary/aromatic N) is 2. The third-order valence-corrected chi connectivity index (χ3v) is 3.85. The van der Waals surface area contributed by atoms with Crippen molar-refractivity contribution in [1.82, 2.24) is 9.55 Å². The molecule has 5 heteroatoms. The minimum absolute atomic E-state index is 0.194. The van der Waals surface area contributed by atoms with E-state index in [1.165, 1.54) is 0 Å².